The van der Waals surface area contributed by atoms with Crippen LogP contribution in [0, 0.1) is 11.3 Å². The standard InChI is InChI=1S/C26H25N5O4/c1-4-33-21-13-18(14-22(34-5-2)24(21)35-6-3)26(32)30-25-19(15-27)16-28-31(25)23-12-11-17-9-7-8-10-20(17)29-23/h7-14,16H,4-6H2,1-3H3,(H,30,32). The summed E-state index contributed by atoms with van der Waals surface area (Å²) in [4.78, 5) is 18.0. The van der Waals surface area contributed by atoms with Crippen LogP contribution in [-0.4, -0.2) is 40.5 Å². The quantitative estimate of drug-likeness (QED) is 0.375. The molecule has 4 rings (SSSR count). The van der Waals surface area contributed by atoms with Crippen molar-refractivity contribution in [3.63, 3.8) is 0 Å². The number of fused-ring (bicyclic) bond motifs is 1. The van der Waals surface area contributed by atoms with Crippen molar-refractivity contribution in [1.82, 2.24) is 14.8 Å². The average molecular weight is 472 g/mol. The van der Waals surface area contributed by atoms with E-state index in [1.165, 1.54) is 10.9 Å². The molecule has 0 bridgehead atoms. The van der Waals surface area contributed by atoms with Crippen LogP contribution in [0.2, 0.25) is 0 Å². The zero-order valence-electron chi connectivity index (χ0n) is 19.7. The summed E-state index contributed by atoms with van der Waals surface area (Å²) in [5.41, 5.74) is 1.25. The monoisotopic (exact) mass is 471 g/mol. The Bertz CT molecular complexity index is 1380. The lowest BCUT2D eigenvalue weighted by atomic mass is 10.1. The molecule has 0 fully saturated rings. The molecule has 9 heteroatoms. The number of rotatable bonds is 9. The number of carbonyl (C=O) groups is 1. The van der Waals surface area contributed by atoms with Gasteiger partial charge in [0.25, 0.3) is 5.91 Å². The second-order valence-electron chi connectivity index (χ2n) is 7.35. The molecule has 2 aromatic carbocycles. The van der Waals surface area contributed by atoms with E-state index in [4.69, 9.17) is 14.2 Å². The Morgan fingerprint density at radius 3 is 2.34 bits per heavy atom. The van der Waals surface area contributed by atoms with Crippen molar-refractivity contribution in [3.8, 4) is 29.1 Å². The van der Waals surface area contributed by atoms with E-state index in [1.54, 1.807) is 18.2 Å². The Morgan fingerprint density at radius 1 is 1.00 bits per heavy atom. The number of aromatic nitrogens is 3. The van der Waals surface area contributed by atoms with Crippen molar-refractivity contribution < 1.29 is 19.0 Å². The van der Waals surface area contributed by atoms with Gasteiger partial charge in [0, 0.05) is 10.9 Å². The average Bonchev–Trinajstić information content (AvgIpc) is 3.28. The molecule has 0 unspecified atom stereocenters. The topological polar surface area (TPSA) is 111 Å². The fourth-order valence-electron chi connectivity index (χ4n) is 3.60. The maximum Gasteiger partial charge on any atom is 0.257 e. The Morgan fingerprint density at radius 2 is 1.69 bits per heavy atom. The number of nitriles is 1. The molecule has 9 nitrogen and oxygen atoms in total. The van der Waals surface area contributed by atoms with Crippen molar-refractivity contribution >= 4 is 22.6 Å². The third-order valence-corrected chi connectivity index (χ3v) is 5.09. The molecule has 0 atom stereocenters. The molecule has 0 saturated heterocycles. The second-order valence-corrected chi connectivity index (χ2v) is 7.35. The van der Waals surface area contributed by atoms with Crippen molar-refractivity contribution in [1.29, 1.82) is 5.26 Å². The molecule has 178 valence electrons. The molecule has 0 aliphatic rings. The number of carbonyl (C=O) groups excluding carboxylic acids is 1. The van der Waals surface area contributed by atoms with E-state index in [-0.39, 0.29) is 16.9 Å². The van der Waals surface area contributed by atoms with Crippen LogP contribution in [0.4, 0.5) is 5.82 Å². The molecule has 0 spiro atoms. The highest BCUT2D eigenvalue weighted by molar-refractivity contribution is 6.05. The first-order valence-corrected chi connectivity index (χ1v) is 11.3. The van der Waals surface area contributed by atoms with Gasteiger partial charge in [-0.15, -0.1) is 0 Å². The highest BCUT2D eigenvalue weighted by Crippen LogP contribution is 2.39. The molecule has 35 heavy (non-hydrogen) atoms. The first-order chi connectivity index (χ1) is 17.1. The van der Waals surface area contributed by atoms with Gasteiger partial charge in [-0.3, -0.25) is 4.79 Å². The van der Waals surface area contributed by atoms with Crippen molar-refractivity contribution in [2.24, 2.45) is 0 Å². The van der Waals surface area contributed by atoms with Crippen molar-refractivity contribution in [3.05, 3.63) is 65.9 Å². The minimum absolute atomic E-state index is 0.203. The van der Waals surface area contributed by atoms with E-state index in [2.05, 4.69) is 21.5 Å². The third-order valence-electron chi connectivity index (χ3n) is 5.09. The van der Waals surface area contributed by atoms with Crippen LogP contribution >= 0.6 is 0 Å². The number of hydrogen-bond donors (Lipinski definition) is 1. The number of nitrogens with zero attached hydrogens (tertiary/aromatic N) is 4. The van der Waals surface area contributed by atoms with Gasteiger partial charge in [-0.1, -0.05) is 18.2 Å². The molecule has 0 saturated carbocycles. The van der Waals surface area contributed by atoms with Crippen molar-refractivity contribution in [2.45, 2.75) is 20.8 Å². The number of para-hydroxylation sites is 1. The van der Waals surface area contributed by atoms with Gasteiger partial charge in [-0.05, 0) is 51.1 Å². The first-order valence-electron chi connectivity index (χ1n) is 11.3. The van der Waals surface area contributed by atoms with Gasteiger partial charge in [0.05, 0.1) is 31.5 Å². The molecule has 4 aromatic rings. The van der Waals surface area contributed by atoms with E-state index in [0.717, 1.165) is 10.9 Å². The Hall–Kier alpha value is -4.58. The Balaban J connectivity index is 1.73. The van der Waals surface area contributed by atoms with Crippen LogP contribution in [0.5, 0.6) is 17.2 Å². The van der Waals surface area contributed by atoms with Crippen LogP contribution < -0.4 is 19.5 Å². The normalized spacial score (nSPS) is 10.6. The SMILES string of the molecule is CCOc1cc(C(=O)Nc2c(C#N)cnn2-c2ccc3ccccc3n2)cc(OCC)c1OCC. The number of pyridine rings is 1. The van der Waals surface area contributed by atoms with E-state index in [0.29, 0.717) is 42.9 Å². The molecule has 0 radical (unpaired) electrons. The Kier molecular flexibility index (Phi) is 7.12. The minimum Gasteiger partial charge on any atom is -0.490 e. The summed E-state index contributed by atoms with van der Waals surface area (Å²) in [5, 5.41) is 17.7. The predicted molar refractivity (Wildman–Crippen MR) is 131 cm³/mol. The lowest BCUT2D eigenvalue weighted by molar-refractivity contribution is 0.102. The zero-order valence-corrected chi connectivity index (χ0v) is 19.7. The second kappa shape index (κ2) is 10.6. The smallest absolute Gasteiger partial charge is 0.257 e. The third kappa shape index (κ3) is 4.87. The predicted octanol–water partition coefficient (Wildman–Crippen LogP) is 4.74. The van der Waals surface area contributed by atoms with Gasteiger partial charge in [0.15, 0.2) is 23.1 Å². The van der Waals surface area contributed by atoms with Crippen LogP contribution in [0.25, 0.3) is 16.7 Å². The summed E-state index contributed by atoms with van der Waals surface area (Å²) in [6.45, 7) is 6.73. The molecule has 1 N–H and O–H groups in total. The molecule has 0 aliphatic heterocycles. The zero-order chi connectivity index (χ0) is 24.8. The molecule has 0 aliphatic carbocycles. The number of ether oxygens (including phenoxy) is 3. The maximum absolute atomic E-state index is 13.3. The molecule has 1 amide bonds. The number of benzene rings is 2. The molecule has 2 heterocycles. The fraction of sp³-hybridized carbons (Fsp3) is 0.231. The molecule has 2 aromatic heterocycles. The fourth-order valence-corrected chi connectivity index (χ4v) is 3.60. The summed E-state index contributed by atoms with van der Waals surface area (Å²) in [7, 11) is 0. The highest BCUT2D eigenvalue weighted by Gasteiger charge is 2.21. The van der Waals surface area contributed by atoms with E-state index >= 15 is 0 Å². The van der Waals surface area contributed by atoms with Crippen LogP contribution in [0.15, 0.2) is 54.7 Å². The maximum atomic E-state index is 13.3. The summed E-state index contributed by atoms with van der Waals surface area (Å²) >= 11 is 0. The number of nitrogens with one attached hydrogen (secondary N) is 1. The number of hydrogen-bond acceptors (Lipinski definition) is 7. The van der Waals surface area contributed by atoms with Gasteiger partial charge < -0.3 is 19.5 Å². The first kappa shape index (κ1) is 23.6. The summed E-state index contributed by atoms with van der Waals surface area (Å²) in [5.74, 6) is 1.46. The van der Waals surface area contributed by atoms with Gasteiger partial charge in [-0.2, -0.15) is 15.0 Å². The number of amides is 1. The number of anilines is 1. The van der Waals surface area contributed by atoms with Gasteiger partial charge >= 0.3 is 0 Å². The Labute approximate surface area is 202 Å². The van der Waals surface area contributed by atoms with Crippen molar-refractivity contribution in [2.75, 3.05) is 25.1 Å². The highest BCUT2D eigenvalue weighted by atomic mass is 16.5. The summed E-state index contributed by atoms with van der Waals surface area (Å²) in [6, 6.07) is 16.6. The van der Waals surface area contributed by atoms with Gasteiger partial charge in [0.2, 0.25) is 5.75 Å². The minimum atomic E-state index is -0.464. The largest absolute Gasteiger partial charge is 0.490 e. The van der Waals surface area contributed by atoms with E-state index in [1.807, 2.05) is 51.1 Å². The summed E-state index contributed by atoms with van der Waals surface area (Å²) < 4.78 is 18.6. The van der Waals surface area contributed by atoms with Gasteiger partial charge in [-0.25, -0.2) is 4.98 Å². The van der Waals surface area contributed by atoms with Crippen LogP contribution in [0.3, 0.4) is 0 Å². The summed E-state index contributed by atoms with van der Waals surface area (Å²) in [6.07, 6.45) is 1.39. The van der Waals surface area contributed by atoms with E-state index < -0.39 is 5.91 Å². The van der Waals surface area contributed by atoms with Crippen LogP contribution in [0.1, 0.15) is 36.7 Å². The van der Waals surface area contributed by atoms with Gasteiger partial charge in [0.1, 0.15) is 11.6 Å². The lowest BCUT2D eigenvalue weighted by Crippen LogP contribution is -2.17. The van der Waals surface area contributed by atoms with E-state index in [9.17, 15) is 10.1 Å². The molecular weight excluding hydrogens is 446 g/mol. The van der Waals surface area contributed by atoms with Crippen LogP contribution in [-0.2, 0) is 0 Å². The lowest BCUT2D eigenvalue weighted by Gasteiger charge is -2.17. The molecular formula is C26H25N5O4.